The lowest BCUT2D eigenvalue weighted by Gasteiger charge is -2.26. The number of hydrogen-bond acceptors (Lipinski definition) is 5. The van der Waals surface area contributed by atoms with Crippen molar-refractivity contribution in [1.29, 1.82) is 0 Å². The van der Waals surface area contributed by atoms with Gasteiger partial charge in [-0.2, -0.15) is 0 Å². The van der Waals surface area contributed by atoms with E-state index in [0.717, 1.165) is 0 Å². The molecular weight excluding hydrogens is 246 g/mol. The molecule has 1 aromatic rings. The van der Waals surface area contributed by atoms with Crippen molar-refractivity contribution in [3.8, 4) is 0 Å². The number of carbonyl (C=O) groups excluding carboxylic acids is 1. The molecule has 0 heterocycles. The molecule has 3 atom stereocenters. The van der Waals surface area contributed by atoms with Crippen molar-refractivity contribution in [1.82, 2.24) is 0 Å². The van der Waals surface area contributed by atoms with Crippen LogP contribution >= 0.6 is 0 Å². The number of aliphatic hydroxyl groups excluding tert-OH is 2. The minimum absolute atomic E-state index is 0.0199. The lowest BCUT2D eigenvalue weighted by molar-refractivity contribution is -0.147. The number of nitrogens with two attached hydrogens (primary N) is 1. The van der Waals surface area contributed by atoms with Crippen LogP contribution in [0.15, 0.2) is 30.3 Å². The van der Waals surface area contributed by atoms with E-state index in [2.05, 4.69) is 0 Å². The first-order valence-electron chi connectivity index (χ1n) is 6.36. The largest absolute Gasteiger partial charge is 0.466 e. The molecule has 0 aromatic heterocycles. The Labute approximate surface area is 113 Å². The summed E-state index contributed by atoms with van der Waals surface area (Å²) in [6.45, 7) is 1.96. The van der Waals surface area contributed by atoms with Crippen LogP contribution in [-0.2, 0) is 9.53 Å². The Kier molecular flexibility index (Phi) is 6.49. The molecule has 1 rings (SSSR count). The Bertz CT molecular complexity index is 382. The molecule has 0 aliphatic carbocycles. The SMILES string of the molecule is CCOC(=O)CC(C(O)CN)C(O)c1ccccc1. The van der Waals surface area contributed by atoms with Crippen molar-refractivity contribution in [3.05, 3.63) is 35.9 Å². The lowest BCUT2D eigenvalue weighted by atomic mass is 9.88. The van der Waals surface area contributed by atoms with Gasteiger partial charge < -0.3 is 20.7 Å². The minimum Gasteiger partial charge on any atom is -0.466 e. The first-order chi connectivity index (χ1) is 9.10. The number of esters is 1. The van der Waals surface area contributed by atoms with Crippen molar-refractivity contribution >= 4 is 5.97 Å². The normalized spacial score (nSPS) is 15.6. The Hall–Kier alpha value is -1.43. The summed E-state index contributed by atoms with van der Waals surface area (Å²) in [5, 5.41) is 20.1. The predicted molar refractivity (Wildman–Crippen MR) is 71.2 cm³/mol. The van der Waals surface area contributed by atoms with Gasteiger partial charge in [-0.25, -0.2) is 0 Å². The summed E-state index contributed by atoms with van der Waals surface area (Å²) in [7, 11) is 0. The molecule has 3 unspecified atom stereocenters. The maximum absolute atomic E-state index is 11.5. The molecular formula is C14H21NO4. The fourth-order valence-electron chi connectivity index (χ4n) is 1.94. The first-order valence-corrected chi connectivity index (χ1v) is 6.36. The number of aliphatic hydroxyl groups is 2. The molecule has 0 fully saturated rings. The van der Waals surface area contributed by atoms with Crippen molar-refractivity contribution in [2.75, 3.05) is 13.2 Å². The van der Waals surface area contributed by atoms with Gasteiger partial charge in [-0.3, -0.25) is 4.79 Å². The zero-order valence-corrected chi connectivity index (χ0v) is 11.0. The second kappa shape index (κ2) is 7.89. The molecule has 106 valence electrons. The van der Waals surface area contributed by atoms with Gasteiger partial charge in [0.05, 0.1) is 25.2 Å². The highest BCUT2D eigenvalue weighted by molar-refractivity contribution is 5.69. The summed E-state index contributed by atoms with van der Waals surface area (Å²) in [6, 6.07) is 8.89. The monoisotopic (exact) mass is 267 g/mol. The molecule has 0 saturated heterocycles. The van der Waals surface area contributed by atoms with Crippen LogP contribution in [0.3, 0.4) is 0 Å². The van der Waals surface area contributed by atoms with Gasteiger partial charge >= 0.3 is 5.97 Å². The van der Waals surface area contributed by atoms with Crippen LogP contribution in [0.4, 0.5) is 0 Å². The van der Waals surface area contributed by atoms with E-state index < -0.39 is 24.1 Å². The van der Waals surface area contributed by atoms with Gasteiger partial charge in [-0.1, -0.05) is 30.3 Å². The van der Waals surface area contributed by atoms with E-state index >= 15 is 0 Å². The Morgan fingerprint density at radius 2 is 1.95 bits per heavy atom. The second-order valence-corrected chi connectivity index (χ2v) is 4.33. The third-order valence-electron chi connectivity index (χ3n) is 2.99. The zero-order valence-electron chi connectivity index (χ0n) is 11.0. The molecule has 0 amide bonds. The minimum atomic E-state index is -0.959. The van der Waals surface area contributed by atoms with Crippen molar-refractivity contribution in [3.63, 3.8) is 0 Å². The fourth-order valence-corrected chi connectivity index (χ4v) is 1.94. The molecule has 4 N–H and O–H groups in total. The van der Waals surface area contributed by atoms with Crippen molar-refractivity contribution < 1.29 is 19.7 Å². The number of carbonyl (C=O) groups is 1. The molecule has 0 radical (unpaired) electrons. The van der Waals surface area contributed by atoms with Crippen LogP contribution in [0.5, 0.6) is 0 Å². The highest BCUT2D eigenvalue weighted by Gasteiger charge is 2.30. The van der Waals surface area contributed by atoms with E-state index in [1.807, 2.05) is 6.07 Å². The summed E-state index contributed by atoms with van der Waals surface area (Å²) < 4.78 is 4.85. The van der Waals surface area contributed by atoms with E-state index in [-0.39, 0.29) is 19.6 Å². The first kappa shape index (κ1) is 15.6. The fraction of sp³-hybridized carbons (Fsp3) is 0.500. The van der Waals surface area contributed by atoms with E-state index in [1.165, 1.54) is 0 Å². The number of benzene rings is 1. The number of rotatable bonds is 7. The highest BCUT2D eigenvalue weighted by atomic mass is 16.5. The van der Waals surface area contributed by atoms with E-state index in [4.69, 9.17) is 10.5 Å². The molecule has 5 nitrogen and oxygen atoms in total. The average Bonchev–Trinajstić information content (AvgIpc) is 2.44. The van der Waals surface area contributed by atoms with E-state index in [9.17, 15) is 15.0 Å². The summed E-state index contributed by atoms with van der Waals surface area (Å²) >= 11 is 0. The quantitative estimate of drug-likeness (QED) is 0.629. The van der Waals surface area contributed by atoms with Crippen LogP contribution in [0, 0.1) is 5.92 Å². The number of hydrogen-bond donors (Lipinski definition) is 3. The summed E-state index contributed by atoms with van der Waals surface area (Å²) in [6.07, 6.45) is -1.98. The van der Waals surface area contributed by atoms with Crippen LogP contribution in [0.25, 0.3) is 0 Å². The summed E-state index contributed by atoms with van der Waals surface area (Å²) in [5.41, 5.74) is 6.07. The topological polar surface area (TPSA) is 92.8 Å². The van der Waals surface area contributed by atoms with Gasteiger partial charge in [-0.15, -0.1) is 0 Å². The second-order valence-electron chi connectivity index (χ2n) is 4.33. The molecule has 0 aliphatic rings. The van der Waals surface area contributed by atoms with Gasteiger partial charge in [0.25, 0.3) is 0 Å². The molecule has 0 saturated carbocycles. The van der Waals surface area contributed by atoms with Crippen LogP contribution in [0.1, 0.15) is 25.0 Å². The third kappa shape index (κ3) is 4.63. The Morgan fingerprint density at radius 1 is 1.32 bits per heavy atom. The van der Waals surface area contributed by atoms with E-state index in [0.29, 0.717) is 5.56 Å². The van der Waals surface area contributed by atoms with Crippen LogP contribution in [0.2, 0.25) is 0 Å². The molecule has 19 heavy (non-hydrogen) atoms. The Morgan fingerprint density at radius 3 is 2.47 bits per heavy atom. The maximum Gasteiger partial charge on any atom is 0.306 e. The third-order valence-corrected chi connectivity index (χ3v) is 2.99. The van der Waals surface area contributed by atoms with Crippen molar-refractivity contribution in [2.45, 2.75) is 25.6 Å². The molecule has 0 aliphatic heterocycles. The highest BCUT2D eigenvalue weighted by Crippen LogP contribution is 2.27. The molecule has 0 bridgehead atoms. The van der Waals surface area contributed by atoms with Crippen LogP contribution in [-0.4, -0.2) is 35.4 Å². The Balaban J connectivity index is 2.81. The molecule has 5 heteroatoms. The lowest BCUT2D eigenvalue weighted by Crippen LogP contribution is -2.35. The standard InChI is InChI=1S/C14H21NO4/c1-2-19-13(17)8-11(12(16)9-15)14(18)10-6-4-3-5-7-10/h3-7,11-12,14,16,18H,2,8-9,15H2,1H3. The average molecular weight is 267 g/mol. The van der Waals surface area contributed by atoms with E-state index in [1.54, 1.807) is 31.2 Å². The molecule has 1 aromatic carbocycles. The number of ether oxygens (including phenoxy) is 1. The van der Waals surface area contributed by atoms with Gasteiger partial charge in [0, 0.05) is 12.5 Å². The summed E-state index contributed by atoms with van der Waals surface area (Å²) in [4.78, 5) is 11.5. The van der Waals surface area contributed by atoms with Gasteiger partial charge in [0.1, 0.15) is 0 Å². The van der Waals surface area contributed by atoms with Gasteiger partial charge in [0.15, 0.2) is 0 Å². The zero-order chi connectivity index (χ0) is 14.3. The van der Waals surface area contributed by atoms with Crippen molar-refractivity contribution in [2.24, 2.45) is 11.7 Å². The predicted octanol–water partition coefficient (Wildman–Crippen LogP) is 0.609. The van der Waals surface area contributed by atoms with Gasteiger partial charge in [0.2, 0.25) is 0 Å². The van der Waals surface area contributed by atoms with Crippen LogP contribution < -0.4 is 5.73 Å². The van der Waals surface area contributed by atoms with Gasteiger partial charge in [-0.05, 0) is 12.5 Å². The summed E-state index contributed by atoms with van der Waals surface area (Å²) in [5.74, 6) is -1.12. The maximum atomic E-state index is 11.5. The molecule has 0 spiro atoms. The smallest absolute Gasteiger partial charge is 0.306 e.